The van der Waals surface area contributed by atoms with E-state index < -0.39 is 0 Å². The average Bonchev–Trinajstić information content (AvgIpc) is 2.82. The van der Waals surface area contributed by atoms with Gasteiger partial charge in [0, 0.05) is 5.56 Å². The highest BCUT2D eigenvalue weighted by Crippen LogP contribution is 2.16. The number of nitrogens with zero attached hydrogens (tertiary/aromatic N) is 2. The molecular weight excluding hydrogens is 228 g/mol. The van der Waals surface area contributed by atoms with Crippen LogP contribution in [0.15, 0.2) is 54.9 Å². The van der Waals surface area contributed by atoms with Crippen molar-refractivity contribution in [1.29, 1.82) is 0 Å². The summed E-state index contributed by atoms with van der Waals surface area (Å²) in [7, 11) is 0. The van der Waals surface area contributed by atoms with Gasteiger partial charge in [-0.1, -0.05) is 18.2 Å². The average molecular weight is 238 g/mol. The number of carbonyl (C=O) groups is 1. The minimum absolute atomic E-state index is 0.0743. The van der Waals surface area contributed by atoms with Gasteiger partial charge in [-0.05, 0) is 30.3 Å². The molecule has 88 valence electrons. The largest absolute Gasteiger partial charge is 0.508 e. The number of aromatic nitrogens is 2. The van der Waals surface area contributed by atoms with Crippen LogP contribution in [0.25, 0.3) is 11.0 Å². The number of phenols is 1. The number of para-hydroxylation sites is 2. The highest BCUT2D eigenvalue weighted by Gasteiger charge is 2.12. The minimum Gasteiger partial charge on any atom is -0.508 e. The molecular formula is C14H10N2O2. The molecule has 0 atom stereocenters. The summed E-state index contributed by atoms with van der Waals surface area (Å²) < 4.78 is 1.48. The summed E-state index contributed by atoms with van der Waals surface area (Å²) in [4.78, 5) is 16.5. The lowest BCUT2D eigenvalue weighted by molar-refractivity contribution is 0.0964. The summed E-state index contributed by atoms with van der Waals surface area (Å²) in [6.45, 7) is 0. The van der Waals surface area contributed by atoms with Crippen molar-refractivity contribution in [2.45, 2.75) is 0 Å². The van der Waals surface area contributed by atoms with Crippen LogP contribution in [-0.4, -0.2) is 20.6 Å². The molecule has 3 rings (SSSR count). The maximum absolute atomic E-state index is 12.3. The fraction of sp³-hybridized carbons (Fsp3) is 0. The lowest BCUT2D eigenvalue weighted by atomic mass is 10.2. The molecule has 2 aromatic carbocycles. The number of fused-ring (bicyclic) bond motifs is 1. The number of rotatable bonds is 1. The Bertz CT molecular complexity index is 731. The molecule has 0 amide bonds. The van der Waals surface area contributed by atoms with E-state index in [1.54, 1.807) is 12.1 Å². The van der Waals surface area contributed by atoms with Gasteiger partial charge in [0.2, 0.25) is 0 Å². The third-order valence-electron chi connectivity index (χ3n) is 2.77. The fourth-order valence-corrected chi connectivity index (χ4v) is 1.90. The van der Waals surface area contributed by atoms with Crippen LogP contribution < -0.4 is 0 Å². The Kier molecular flexibility index (Phi) is 2.34. The molecule has 1 N–H and O–H groups in total. The number of benzene rings is 2. The Balaban J connectivity index is 2.12. The van der Waals surface area contributed by atoms with Crippen molar-refractivity contribution in [3.05, 3.63) is 60.4 Å². The zero-order valence-electron chi connectivity index (χ0n) is 9.45. The zero-order chi connectivity index (χ0) is 12.5. The van der Waals surface area contributed by atoms with E-state index in [-0.39, 0.29) is 11.7 Å². The first-order chi connectivity index (χ1) is 8.75. The van der Waals surface area contributed by atoms with E-state index in [0.717, 1.165) is 11.0 Å². The molecule has 1 heterocycles. The summed E-state index contributed by atoms with van der Waals surface area (Å²) in [5, 5.41) is 9.40. The van der Waals surface area contributed by atoms with Crippen molar-refractivity contribution in [3.63, 3.8) is 0 Å². The molecule has 0 unspecified atom stereocenters. The molecule has 0 aliphatic heterocycles. The Morgan fingerprint density at radius 1 is 1.11 bits per heavy atom. The lowest BCUT2D eigenvalue weighted by Gasteiger charge is -2.03. The highest BCUT2D eigenvalue weighted by atomic mass is 16.3. The number of carbonyl (C=O) groups excluding carboxylic acids is 1. The minimum atomic E-state index is -0.209. The summed E-state index contributed by atoms with van der Waals surface area (Å²) in [5.41, 5.74) is 1.95. The maximum Gasteiger partial charge on any atom is 0.263 e. The third-order valence-corrected chi connectivity index (χ3v) is 2.77. The van der Waals surface area contributed by atoms with Gasteiger partial charge >= 0.3 is 0 Å². The lowest BCUT2D eigenvalue weighted by Crippen LogP contribution is -2.10. The molecule has 1 aromatic heterocycles. The molecule has 0 aliphatic carbocycles. The molecule has 4 nitrogen and oxygen atoms in total. The molecule has 18 heavy (non-hydrogen) atoms. The normalized spacial score (nSPS) is 10.7. The van der Waals surface area contributed by atoms with Crippen molar-refractivity contribution in [2.24, 2.45) is 0 Å². The van der Waals surface area contributed by atoms with Gasteiger partial charge in [0.1, 0.15) is 12.1 Å². The highest BCUT2D eigenvalue weighted by molar-refractivity contribution is 6.01. The molecule has 3 aromatic rings. The molecule has 4 heteroatoms. The van der Waals surface area contributed by atoms with Gasteiger partial charge < -0.3 is 5.11 Å². The monoisotopic (exact) mass is 238 g/mol. The van der Waals surface area contributed by atoms with E-state index in [9.17, 15) is 9.90 Å². The molecule has 0 saturated carbocycles. The van der Waals surface area contributed by atoms with E-state index in [1.165, 1.54) is 23.0 Å². The fourth-order valence-electron chi connectivity index (χ4n) is 1.90. The van der Waals surface area contributed by atoms with Crippen molar-refractivity contribution >= 4 is 16.9 Å². The van der Waals surface area contributed by atoms with Gasteiger partial charge in [-0.15, -0.1) is 0 Å². The number of hydrogen-bond donors (Lipinski definition) is 1. The van der Waals surface area contributed by atoms with E-state index >= 15 is 0 Å². The molecule has 0 aliphatic rings. The van der Waals surface area contributed by atoms with Crippen molar-refractivity contribution in [1.82, 2.24) is 9.55 Å². The molecule has 0 bridgehead atoms. The molecule has 0 fully saturated rings. The smallest absolute Gasteiger partial charge is 0.263 e. The maximum atomic E-state index is 12.3. The van der Waals surface area contributed by atoms with Crippen LogP contribution in [0.5, 0.6) is 5.75 Å². The number of aromatic hydroxyl groups is 1. The molecule has 0 radical (unpaired) electrons. The van der Waals surface area contributed by atoms with Crippen LogP contribution in [-0.2, 0) is 0 Å². The van der Waals surface area contributed by atoms with E-state index in [4.69, 9.17) is 0 Å². The van der Waals surface area contributed by atoms with E-state index in [0.29, 0.717) is 5.56 Å². The summed E-state index contributed by atoms with van der Waals surface area (Å²) >= 11 is 0. The van der Waals surface area contributed by atoms with Crippen LogP contribution >= 0.6 is 0 Å². The van der Waals surface area contributed by atoms with E-state index in [1.807, 2.05) is 24.3 Å². The van der Waals surface area contributed by atoms with Gasteiger partial charge in [-0.25, -0.2) is 4.98 Å². The van der Waals surface area contributed by atoms with Gasteiger partial charge in [-0.3, -0.25) is 9.36 Å². The van der Waals surface area contributed by atoms with Crippen LogP contribution in [0.1, 0.15) is 10.4 Å². The number of hydrogen-bond acceptors (Lipinski definition) is 3. The molecule has 0 spiro atoms. The summed E-state index contributed by atoms with van der Waals surface area (Å²) in [6.07, 6.45) is 1.50. The van der Waals surface area contributed by atoms with Crippen LogP contribution in [0.2, 0.25) is 0 Å². The SMILES string of the molecule is O=C(c1cccc(O)c1)n1cnc2ccccc21. The number of imidazole rings is 1. The topological polar surface area (TPSA) is 55.1 Å². The predicted octanol–water partition coefficient (Wildman–Crippen LogP) is 2.43. The second-order valence-corrected chi connectivity index (χ2v) is 3.96. The summed E-state index contributed by atoms with van der Waals surface area (Å²) in [6, 6.07) is 13.7. The van der Waals surface area contributed by atoms with Crippen LogP contribution in [0.3, 0.4) is 0 Å². The Labute approximate surface area is 103 Å². The van der Waals surface area contributed by atoms with Gasteiger partial charge in [0.05, 0.1) is 11.0 Å². The van der Waals surface area contributed by atoms with E-state index in [2.05, 4.69) is 4.98 Å². The first kappa shape index (κ1) is 10.5. The Hall–Kier alpha value is -2.62. The van der Waals surface area contributed by atoms with Crippen LogP contribution in [0.4, 0.5) is 0 Å². The quantitative estimate of drug-likeness (QED) is 0.708. The Morgan fingerprint density at radius 2 is 1.94 bits per heavy atom. The second kappa shape index (κ2) is 4.00. The summed E-state index contributed by atoms with van der Waals surface area (Å²) in [5.74, 6) is -0.134. The van der Waals surface area contributed by atoms with Gasteiger partial charge in [0.15, 0.2) is 0 Å². The van der Waals surface area contributed by atoms with Gasteiger partial charge in [0.25, 0.3) is 5.91 Å². The predicted molar refractivity (Wildman–Crippen MR) is 67.6 cm³/mol. The molecule has 0 saturated heterocycles. The van der Waals surface area contributed by atoms with Crippen LogP contribution in [0, 0.1) is 0 Å². The standard InChI is InChI=1S/C14H10N2O2/c17-11-5-3-4-10(8-11)14(18)16-9-15-12-6-1-2-7-13(12)16/h1-9,17H. The van der Waals surface area contributed by atoms with Gasteiger partial charge in [-0.2, -0.15) is 0 Å². The van der Waals surface area contributed by atoms with Crippen molar-refractivity contribution in [2.75, 3.05) is 0 Å². The second-order valence-electron chi connectivity index (χ2n) is 3.96. The van der Waals surface area contributed by atoms with Crippen molar-refractivity contribution in [3.8, 4) is 5.75 Å². The van der Waals surface area contributed by atoms with Crippen molar-refractivity contribution < 1.29 is 9.90 Å². The zero-order valence-corrected chi connectivity index (χ0v) is 9.45. The first-order valence-corrected chi connectivity index (χ1v) is 5.51. The first-order valence-electron chi connectivity index (χ1n) is 5.51. The number of phenolic OH excluding ortho intramolecular Hbond substituents is 1. The third kappa shape index (κ3) is 1.64. The Morgan fingerprint density at radius 3 is 2.78 bits per heavy atom.